The topological polar surface area (TPSA) is 66.5 Å². The third-order valence-electron chi connectivity index (χ3n) is 4.95. The zero-order valence-corrected chi connectivity index (χ0v) is 15.2. The second-order valence-electron chi connectivity index (χ2n) is 6.52. The lowest BCUT2D eigenvalue weighted by Crippen LogP contribution is -2.42. The van der Waals surface area contributed by atoms with E-state index in [-0.39, 0.29) is 35.9 Å². The van der Waals surface area contributed by atoms with Crippen LogP contribution in [0.25, 0.3) is 0 Å². The summed E-state index contributed by atoms with van der Waals surface area (Å²) in [6, 6.07) is -0.107. The molecule has 0 aliphatic carbocycles. The number of hydrogen-bond acceptors (Lipinski definition) is 4. The number of piperidine rings is 1. The highest BCUT2D eigenvalue weighted by atomic mass is 35.5. The maximum Gasteiger partial charge on any atom is 0.223 e. The van der Waals surface area contributed by atoms with Gasteiger partial charge >= 0.3 is 0 Å². The summed E-state index contributed by atoms with van der Waals surface area (Å²) in [5.74, 6) is 1.42. The summed E-state index contributed by atoms with van der Waals surface area (Å²) in [7, 11) is -2.94. The van der Waals surface area contributed by atoms with E-state index in [4.69, 9.17) is 0 Å². The second-order valence-corrected chi connectivity index (χ2v) is 8.75. The first-order valence-electron chi connectivity index (χ1n) is 8.13. The molecule has 130 valence electrons. The van der Waals surface area contributed by atoms with Crippen molar-refractivity contribution >= 4 is 28.2 Å². The van der Waals surface area contributed by atoms with Gasteiger partial charge in [-0.25, -0.2) is 8.42 Å². The van der Waals surface area contributed by atoms with Gasteiger partial charge in [0.05, 0.1) is 11.5 Å². The highest BCUT2D eigenvalue weighted by molar-refractivity contribution is 7.91. The third kappa shape index (κ3) is 5.10. The Bertz CT molecular complexity index is 463. The minimum Gasteiger partial charge on any atom is -0.339 e. The Kier molecular flexibility index (Phi) is 7.62. The molecule has 1 N–H and O–H groups in total. The summed E-state index contributed by atoms with van der Waals surface area (Å²) in [5, 5.41) is 3.39. The van der Waals surface area contributed by atoms with E-state index in [9.17, 15) is 13.2 Å². The van der Waals surface area contributed by atoms with E-state index in [2.05, 4.69) is 12.2 Å². The monoisotopic (exact) mass is 352 g/mol. The highest BCUT2D eigenvalue weighted by Crippen LogP contribution is 2.25. The molecular formula is C15H29ClN2O3S. The van der Waals surface area contributed by atoms with Gasteiger partial charge in [0, 0.05) is 19.0 Å². The van der Waals surface area contributed by atoms with Gasteiger partial charge < -0.3 is 10.2 Å². The second kappa shape index (κ2) is 8.50. The van der Waals surface area contributed by atoms with Crippen molar-refractivity contribution in [3.05, 3.63) is 0 Å². The minimum atomic E-state index is -2.94. The van der Waals surface area contributed by atoms with Crippen LogP contribution in [0.3, 0.4) is 0 Å². The first kappa shape index (κ1) is 19.7. The van der Waals surface area contributed by atoms with Crippen molar-refractivity contribution in [3.8, 4) is 0 Å². The fourth-order valence-electron chi connectivity index (χ4n) is 3.58. The van der Waals surface area contributed by atoms with Crippen LogP contribution in [0.2, 0.25) is 0 Å². The van der Waals surface area contributed by atoms with Crippen LogP contribution in [0.15, 0.2) is 0 Å². The number of nitrogens with zero attached hydrogens (tertiary/aromatic N) is 1. The Morgan fingerprint density at radius 2 is 2.09 bits per heavy atom. The summed E-state index contributed by atoms with van der Waals surface area (Å²) in [5.41, 5.74) is 0. The van der Waals surface area contributed by atoms with Crippen LogP contribution in [0.1, 0.15) is 39.5 Å². The van der Waals surface area contributed by atoms with Crippen molar-refractivity contribution in [2.24, 2.45) is 11.8 Å². The average Bonchev–Trinajstić information content (AvgIpc) is 2.80. The van der Waals surface area contributed by atoms with E-state index < -0.39 is 9.84 Å². The number of halogens is 1. The molecule has 0 saturated carbocycles. The zero-order chi connectivity index (χ0) is 15.5. The van der Waals surface area contributed by atoms with Crippen LogP contribution in [0.5, 0.6) is 0 Å². The first-order valence-corrected chi connectivity index (χ1v) is 9.95. The minimum absolute atomic E-state index is 0. The van der Waals surface area contributed by atoms with Gasteiger partial charge in [-0.15, -0.1) is 12.4 Å². The molecule has 7 heteroatoms. The molecular weight excluding hydrogens is 324 g/mol. The zero-order valence-electron chi connectivity index (χ0n) is 13.6. The van der Waals surface area contributed by atoms with Gasteiger partial charge in [0.1, 0.15) is 0 Å². The van der Waals surface area contributed by atoms with Crippen molar-refractivity contribution in [3.63, 3.8) is 0 Å². The fraction of sp³-hybridized carbons (Fsp3) is 0.933. The van der Waals surface area contributed by atoms with Crippen LogP contribution in [0.4, 0.5) is 0 Å². The molecule has 0 spiro atoms. The van der Waals surface area contributed by atoms with E-state index in [1.54, 1.807) is 4.90 Å². The number of amides is 1. The standard InChI is InChI=1S/C15H28N2O3S.ClH/c1-3-17(14-6-8-21(19,20)11-14)15(18)9-12(2)13-5-4-7-16-10-13;/h12-14,16H,3-11H2,1-2H3;1H. The number of nitrogens with one attached hydrogen (secondary N) is 1. The number of hydrogen-bond donors (Lipinski definition) is 1. The number of rotatable bonds is 5. The number of carbonyl (C=O) groups excluding carboxylic acids is 1. The van der Waals surface area contributed by atoms with Crippen molar-refractivity contribution in [2.45, 2.75) is 45.6 Å². The smallest absolute Gasteiger partial charge is 0.223 e. The van der Waals surface area contributed by atoms with Crippen LogP contribution >= 0.6 is 12.4 Å². The van der Waals surface area contributed by atoms with Gasteiger partial charge in [-0.3, -0.25) is 4.79 Å². The van der Waals surface area contributed by atoms with Crippen molar-refractivity contribution < 1.29 is 13.2 Å². The Morgan fingerprint density at radius 1 is 1.36 bits per heavy atom. The van der Waals surface area contributed by atoms with Crippen LogP contribution < -0.4 is 5.32 Å². The van der Waals surface area contributed by atoms with E-state index in [0.29, 0.717) is 31.2 Å². The van der Waals surface area contributed by atoms with Gasteiger partial charge in [-0.2, -0.15) is 0 Å². The SMILES string of the molecule is CCN(C(=O)CC(C)C1CCCNC1)C1CCS(=O)(=O)C1.Cl. The van der Waals surface area contributed by atoms with Gasteiger partial charge in [-0.05, 0) is 51.1 Å². The molecule has 3 atom stereocenters. The van der Waals surface area contributed by atoms with E-state index in [1.807, 2.05) is 6.92 Å². The summed E-state index contributed by atoms with van der Waals surface area (Å²) >= 11 is 0. The van der Waals surface area contributed by atoms with E-state index >= 15 is 0 Å². The van der Waals surface area contributed by atoms with Gasteiger partial charge in [0.15, 0.2) is 9.84 Å². The largest absolute Gasteiger partial charge is 0.339 e. The first-order chi connectivity index (χ1) is 9.93. The van der Waals surface area contributed by atoms with Gasteiger partial charge in [-0.1, -0.05) is 6.92 Å². The van der Waals surface area contributed by atoms with Crippen LogP contribution in [0, 0.1) is 11.8 Å². The molecule has 0 aromatic heterocycles. The predicted octanol–water partition coefficient (Wildman–Crippen LogP) is 1.47. The maximum atomic E-state index is 12.5. The van der Waals surface area contributed by atoms with Crippen molar-refractivity contribution in [1.82, 2.24) is 10.2 Å². The van der Waals surface area contributed by atoms with Gasteiger partial charge in [0.2, 0.25) is 5.91 Å². The predicted molar refractivity (Wildman–Crippen MR) is 91.1 cm³/mol. The summed E-state index contributed by atoms with van der Waals surface area (Å²) in [4.78, 5) is 14.3. The molecule has 5 nitrogen and oxygen atoms in total. The van der Waals surface area contributed by atoms with E-state index in [0.717, 1.165) is 13.1 Å². The number of sulfone groups is 1. The Balaban J connectivity index is 0.00000242. The molecule has 2 saturated heterocycles. The van der Waals surface area contributed by atoms with Crippen LogP contribution in [-0.2, 0) is 14.6 Å². The lowest BCUT2D eigenvalue weighted by molar-refractivity contribution is -0.134. The van der Waals surface area contributed by atoms with Crippen molar-refractivity contribution in [2.75, 3.05) is 31.1 Å². The molecule has 2 fully saturated rings. The van der Waals surface area contributed by atoms with Gasteiger partial charge in [0.25, 0.3) is 0 Å². The lowest BCUT2D eigenvalue weighted by atomic mass is 9.85. The van der Waals surface area contributed by atoms with Crippen LogP contribution in [-0.4, -0.2) is 56.4 Å². The molecule has 2 aliphatic heterocycles. The molecule has 3 unspecified atom stereocenters. The molecule has 1 amide bonds. The lowest BCUT2D eigenvalue weighted by Gasteiger charge is -2.32. The summed E-state index contributed by atoms with van der Waals surface area (Å²) < 4.78 is 23.2. The highest BCUT2D eigenvalue weighted by Gasteiger charge is 2.34. The molecule has 0 aromatic carbocycles. The molecule has 2 heterocycles. The fourth-order valence-corrected chi connectivity index (χ4v) is 5.31. The Hall–Kier alpha value is -0.330. The quantitative estimate of drug-likeness (QED) is 0.813. The summed E-state index contributed by atoms with van der Waals surface area (Å²) in [6.07, 6.45) is 3.50. The molecule has 0 radical (unpaired) electrons. The van der Waals surface area contributed by atoms with E-state index in [1.165, 1.54) is 12.8 Å². The molecule has 22 heavy (non-hydrogen) atoms. The molecule has 2 aliphatic rings. The molecule has 2 rings (SSSR count). The van der Waals surface area contributed by atoms with Crippen molar-refractivity contribution in [1.29, 1.82) is 0 Å². The number of carbonyl (C=O) groups is 1. The normalized spacial score (nSPS) is 28.6. The molecule has 0 aromatic rings. The Morgan fingerprint density at radius 3 is 2.59 bits per heavy atom. The average molecular weight is 353 g/mol. The maximum absolute atomic E-state index is 12.5. The summed E-state index contributed by atoms with van der Waals surface area (Å²) in [6.45, 7) is 6.77. The third-order valence-corrected chi connectivity index (χ3v) is 6.70. The molecule has 0 bridgehead atoms. The Labute approximate surface area is 140 Å².